The van der Waals surface area contributed by atoms with Gasteiger partial charge in [-0.15, -0.1) is 5.10 Å². The molecule has 5 N–H and O–H groups in total. The van der Waals surface area contributed by atoms with Crippen LogP contribution in [0, 0.1) is 5.92 Å². The Bertz CT molecular complexity index is 480. The molecule has 1 aromatic carbocycles. The van der Waals surface area contributed by atoms with Crippen molar-refractivity contribution in [2.75, 3.05) is 13.7 Å². The van der Waals surface area contributed by atoms with Crippen molar-refractivity contribution < 1.29 is 14.6 Å². The van der Waals surface area contributed by atoms with E-state index in [4.69, 9.17) is 20.9 Å². The second-order valence-electron chi connectivity index (χ2n) is 4.75. The third-order valence-corrected chi connectivity index (χ3v) is 2.57. The minimum Gasteiger partial charge on any atom is -0.493 e. The SMILES string of the molecule is COc1cc(/C=[NH+]/N=C(N)N)ccc1OCCC(C)C. The monoisotopic (exact) mass is 279 g/mol. The van der Waals surface area contributed by atoms with Gasteiger partial charge in [-0.2, -0.15) is 0 Å². The first-order valence-corrected chi connectivity index (χ1v) is 6.51. The second-order valence-corrected chi connectivity index (χ2v) is 4.75. The normalized spacial score (nSPS) is 10.8. The van der Waals surface area contributed by atoms with Crippen molar-refractivity contribution in [3.63, 3.8) is 0 Å². The highest BCUT2D eigenvalue weighted by Gasteiger charge is 2.06. The van der Waals surface area contributed by atoms with E-state index in [1.807, 2.05) is 18.2 Å². The van der Waals surface area contributed by atoms with E-state index in [1.165, 1.54) is 0 Å². The summed E-state index contributed by atoms with van der Waals surface area (Å²) in [5.74, 6) is 1.99. The van der Waals surface area contributed by atoms with Crippen molar-refractivity contribution in [2.24, 2.45) is 22.5 Å². The lowest BCUT2D eigenvalue weighted by atomic mass is 10.1. The fourth-order valence-electron chi connectivity index (χ4n) is 1.48. The van der Waals surface area contributed by atoms with Crippen LogP contribution in [0.2, 0.25) is 0 Å². The van der Waals surface area contributed by atoms with E-state index < -0.39 is 0 Å². The van der Waals surface area contributed by atoms with Crippen LogP contribution in [-0.4, -0.2) is 25.9 Å². The molecule has 6 nitrogen and oxygen atoms in total. The average molecular weight is 279 g/mol. The molecule has 0 atom stereocenters. The first kappa shape index (κ1) is 15.8. The van der Waals surface area contributed by atoms with Gasteiger partial charge >= 0.3 is 0 Å². The van der Waals surface area contributed by atoms with Crippen LogP contribution in [0.25, 0.3) is 0 Å². The van der Waals surface area contributed by atoms with Gasteiger partial charge in [-0.25, -0.2) is 0 Å². The quantitative estimate of drug-likeness (QED) is 0.366. The maximum Gasteiger partial charge on any atom is 0.256 e. The Morgan fingerprint density at radius 3 is 2.70 bits per heavy atom. The average Bonchev–Trinajstić information content (AvgIpc) is 2.39. The van der Waals surface area contributed by atoms with Crippen LogP contribution in [0.4, 0.5) is 0 Å². The fourth-order valence-corrected chi connectivity index (χ4v) is 1.48. The van der Waals surface area contributed by atoms with Gasteiger partial charge < -0.3 is 20.9 Å². The number of nitrogens with one attached hydrogen (secondary N) is 1. The molecule has 0 spiro atoms. The van der Waals surface area contributed by atoms with Crippen LogP contribution in [0.5, 0.6) is 11.5 Å². The van der Waals surface area contributed by atoms with Crippen LogP contribution in [0.3, 0.4) is 0 Å². The summed E-state index contributed by atoms with van der Waals surface area (Å²) >= 11 is 0. The summed E-state index contributed by atoms with van der Waals surface area (Å²) in [5, 5.41) is 6.31. The van der Waals surface area contributed by atoms with Gasteiger partial charge in [-0.05, 0) is 30.5 Å². The van der Waals surface area contributed by atoms with E-state index in [-0.39, 0.29) is 5.96 Å². The van der Waals surface area contributed by atoms with Gasteiger partial charge in [-0.3, -0.25) is 0 Å². The molecule has 0 amide bonds. The highest BCUT2D eigenvalue weighted by molar-refractivity contribution is 5.78. The van der Waals surface area contributed by atoms with E-state index in [0.717, 1.165) is 17.7 Å². The molecule has 1 rings (SSSR count). The summed E-state index contributed by atoms with van der Waals surface area (Å²) in [6, 6.07) is 5.60. The van der Waals surface area contributed by atoms with Crippen LogP contribution < -0.4 is 26.0 Å². The molecule has 0 fully saturated rings. The fraction of sp³-hybridized carbons (Fsp3) is 0.429. The number of rotatable bonds is 7. The van der Waals surface area contributed by atoms with Gasteiger partial charge in [0.15, 0.2) is 11.5 Å². The van der Waals surface area contributed by atoms with Crippen molar-refractivity contribution in [3.8, 4) is 11.5 Å². The third-order valence-electron chi connectivity index (χ3n) is 2.57. The molecule has 0 radical (unpaired) electrons. The first-order valence-electron chi connectivity index (χ1n) is 6.51. The molecule has 0 aliphatic carbocycles. The Kier molecular flexibility index (Phi) is 6.36. The molecule has 6 heteroatoms. The molecule has 0 saturated carbocycles. The first-order chi connectivity index (χ1) is 9.52. The van der Waals surface area contributed by atoms with Crippen molar-refractivity contribution in [3.05, 3.63) is 23.8 Å². The summed E-state index contributed by atoms with van der Waals surface area (Å²) in [6.07, 6.45) is 2.67. The van der Waals surface area contributed by atoms with Crippen LogP contribution in [-0.2, 0) is 0 Å². The maximum atomic E-state index is 5.71. The Balaban J connectivity index is 2.74. The number of methoxy groups -OCH3 is 1. The van der Waals surface area contributed by atoms with E-state index in [9.17, 15) is 0 Å². The van der Waals surface area contributed by atoms with Gasteiger partial charge in [0, 0.05) is 10.7 Å². The zero-order valence-electron chi connectivity index (χ0n) is 12.2. The number of hydrogen-bond donors (Lipinski definition) is 3. The number of guanidine groups is 1. The minimum absolute atomic E-state index is 0.0261. The zero-order valence-corrected chi connectivity index (χ0v) is 12.2. The highest BCUT2D eigenvalue weighted by atomic mass is 16.5. The van der Waals surface area contributed by atoms with E-state index in [0.29, 0.717) is 18.3 Å². The summed E-state index contributed by atoms with van der Waals surface area (Å²) in [5.41, 5.74) is 11.3. The molecule has 0 aromatic heterocycles. The van der Waals surface area contributed by atoms with E-state index in [2.05, 4.69) is 24.1 Å². The van der Waals surface area contributed by atoms with Crippen molar-refractivity contribution in [1.82, 2.24) is 0 Å². The Morgan fingerprint density at radius 2 is 2.10 bits per heavy atom. The predicted octanol–water partition coefficient (Wildman–Crippen LogP) is -0.192. The number of hydrogen-bond acceptors (Lipinski definition) is 3. The predicted molar refractivity (Wildman–Crippen MR) is 79.9 cm³/mol. The van der Waals surface area contributed by atoms with Crippen molar-refractivity contribution >= 4 is 12.2 Å². The number of nitrogens with zero attached hydrogens (tertiary/aromatic N) is 1. The summed E-state index contributed by atoms with van der Waals surface area (Å²) in [4.78, 5) is 0. The lowest BCUT2D eigenvalue weighted by molar-refractivity contribution is -0.456. The molecule has 0 unspecified atom stereocenters. The third kappa shape index (κ3) is 5.60. The largest absolute Gasteiger partial charge is 0.493 e. The lowest BCUT2D eigenvalue weighted by Gasteiger charge is -2.11. The smallest absolute Gasteiger partial charge is 0.256 e. The van der Waals surface area contributed by atoms with E-state index in [1.54, 1.807) is 13.3 Å². The lowest BCUT2D eigenvalue weighted by Crippen LogP contribution is -2.63. The van der Waals surface area contributed by atoms with Gasteiger partial charge in [-0.1, -0.05) is 13.8 Å². The molecule has 0 saturated heterocycles. The molecule has 0 heterocycles. The summed E-state index contributed by atoms with van der Waals surface area (Å²) < 4.78 is 11.0. The number of ether oxygens (including phenoxy) is 2. The number of benzene rings is 1. The van der Waals surface area contributed by atoms with Crippen LogP contribution in [0.1, 0.15) is 25.8 Å². The maximum absolute atomic E-state index is 5.71. The Hall–Kier alpha value is -2.24. The van der Waals surface area contributed by atoms with Gasteiger partial charge in [0.1, 0.15) is 0 Å². The van der Waals surface area contributed by atoms with Crippen molar-refractivity contribution in [1.29, 1.82) is 0 Å². The Morgan fingerprint density at radius 1 is 1.35 bits per heavy atom. The topological polar surface area (TPSA) is 96.8 Å². The molecular weight excluding hydrogens is 256 g/mol. The summed E-state index contributed by atoms with van der Waals surface area (Å²) in [7, 11) is 1.61. The number of hydrazone groups is 1. The molecule has 20 heavy (non-hydrogen) atoms. The molecular formula is C14H23N4O2+. The van der Waals surface area contributed by atoms with Gasteiger partial charge in [0.2, 0.25) is 6.21 Å². The molecule has 110 valence electrons. The van der Waals surface area contributed by atoms with Crippen LogP contribution >= 0.6 is 0 Å². The van der Waals surface area contributed by atoms with Crippen LogP contribution in [0.15, 0.2) is 23.3 Å². The summed E-state index contributed by atoms with van der Waals surface area (Å²) in [6.45, 7) is 4.99. The standard InChI is InChI=1S/C14H22N4O2/c1-10(2)6-7-20-12-5-4-11(8-13(12)19-3)9-17-18-14(15)16/h4-5,8-10H,6-7H2,1-3H3,(H4,15,16,18)/p+1/b17-9+. The van der Waals surface area contributed by atoms with Gasteiger partial charge in [0.25, 0.3) is 5.96 Å². The van der Waals surface area contributed by atoms with E-state index >= 15 is 0 Å². The van der Waals surface area contributed by atoms with Gasteiger partial charge in [0.05, 0.1) is 13.7 Å². The number of nitrogens with two attached hydrogens (primary N) is 2. The molecule has 0 aliphatic rings. The molecule has 0 aliphatic heterocycles. The second kappa shape index (κ2) is 8.04. The van der Waals surface area contributed by atoms with Crippen molar-refractivity contribution in [2.45, 2.75) is 20.3 Å². The molecule has 0 bridgehead atoms. The minimum atomic E-state index is -0.0261. The Labute approximate surface area is 119 Å². The molecule has 1 aromatic rings. The zero-order chi connectivity index (χ0) is 15.0. The highest BCUT2D eigenvalue weighted by Crippen LogP contribution is 2.27.